The van der Waals surface area contributed by atoms with E-state index in [0.29, 0.717) is 46.5 Å². The molecule has 5 rings (SSSR count). The Kier molecular flexibility index (Phi) is 6.65. The molecule has 4 heterocycles. The maximum absolute atomic E-state index is 13.3. The van der Waals surface area contributed by atoms with E-state index in [1.54, 1.807) is 40.8 Å². The zero-order valence-corrected chi connectivity index (χ0v) is 21.2. The molecule has 0 spiro atoms. The first-order valence-electron chi connectivity index (χ1n) is 11.6. The Morgan fingerprint density at radius 3 is 2.49 bits per heavy atom. The van der Waals surface area contributed by atoms with Gasteiger partial charge in [-0.25, -0.2) is 18.4 Å². The van der Waals surface area contributed by atoms with Crippen LogP contribution in [0.25, 0.3) is 0 Å². The van der Waals surface area contributed by atoms with Gasteiger partial charge in [0.1, 0.15) is 12.4 Å². The minimum Gasteiger partial charge on any atom is -0.474 e. The van der Waals surface area contributed by atoms with Crippen molar-refractivity contribution in [1.82, 2.24) is 19.3 Å². The number of halogens is 1. The zero-order chi connectivity index (χ0) is 24.6. The third kappa shape index (κ3) is 5.12. The van der Waals surface area contributed by atoms with Gasteiger partial charge in [0.2, 0.25) is 21.8 Å². The molecule has 0 N–H and O–H groups in total. The fourth-order valence-electron chi connectivity index (χ4n) is 5.03. The molecule has 2 aliphatic heterocycles. The average Bonchev–Trinajstić information content (AvgIpc) is 3.10. The first kappa shape index (κ1) is 24.0. The summed E-state index contributed by atoms with van der Waals surface area (Å²) in [7, 11) is -3.47. The van der Waals surface area contributed by atoms with Gasteiger partial charge in [-0.2, -0.15) is 4.31 Å². The summed E-state index contributed by atoms with van der Waals surface area (Å²) in [5.74, 6) is 1.44. The van der Waals surface area contributed by atoms with Crippen molar-refractivity contribution in [2.45, 2.75) is 63.5 Å². The molecule has 2 aliphatic rings. The van der Waals surface area contributed by atoms with Gasteiger partial charge in [0.25, 0.3) is 0 Å². The Hall–Kier alpha value is -2.75. The van der Waals surface area contributed by atoms with Crippen molar-refractivity contribution in [3.8, 4) is 17.5 Å². The van der Waals surface area contributed by atoms with Crippen LogP contribution in [0.5, 0.6) is 17.5 Å². The number of hydrogen-bond acceptors (Lipinski definition) is 7. The van der Waals surface area contributed by atoms with E-state index in [4.69, 9.17) is 21.1 Å². The standard InChI is InChI=1S/C25H27ClN4O4S/c1-16-24(28-15-29-25(16)34-23-7-4-10-27-17(23)2)33-22-12-20-8-9-21(13-22)30(20)35(31,32)14-18-5-3-6-19(26)11-18/h3-7,10-11,15,20-22H,8-9,12-14H2,1-2H3. The topological polar surface area (TPSA) is 94.5 Å². The maximum atomic E-state index is 13.3. The molecule has 0 saturated carbocycles. The second-order valence-corrected chi connectivity index (χ2v) is 11.4. The lowest BCUT2D eigenvalue weighted by atomic mass is 10.0. The summed E-state index contributed by atoms with van der Waals surface area (Å²) in [5, 5.41) is 0.537. The number of aromatic nitrogens is 3. The molecule has 8 nitrogen and oxygen atoms in total. The quantitative estimate of drug-likeness (QED) is 0.445. The largest absolute Gasteiger partial charge is 0.474 e. The highest BCUT2D eigenvalue weighted by atomic mass is 35.5. The number of ether oxygens (including phenoxy) is 2. The van der Waals surface area contributed by atoms with Crippen molar-refractivity contribution < 1.29 is 17.9 Å². The third-order valence-corrected chi connectivity index (χ3v) is 8.79. The SMILES string of the molecule is Cc1ncccc1Oc1ncnc(OC2CC3CCC(C2)N3S(=O)(=O)Cc2cccc(Cl)c2)c1C. The summed E-state index contributed by atoms with van der Waals surface area (Å²) < 4.78 is 40.5. The molecule has 10 heteroatoms. The van der Waals surface area contributed by atoms with Crippen molar-refractivity contribution in [2.24, 2.45) is 0 Å². The van der Waals surface area contributed by atoms with Crippen molar-refractivity contribution in [1.29, 1.82) is 0 Å². The van der Waals surface area contributed by atoms with Crippen LogP contribution in [0, 0.1) is 13.8 Å². The Morgan fingerprint density at radius 2 is 1.77 bits per heavy atom. The molecule has 3 aromatic rings. The molecule has 2 saturated heterocycles. The lowest BCUT2D eigenvalue weighted by Gasteiger charge is -2.37. The van der Waals surface area contributed by atoms with Gasteiger partial charge in [0.15, 0.2) is 5.75 Å². The van der Waals surface area contributed by atoms with Gasteiger partial charge in [-0.1, -0.05) is 23.7 Å². The molecule has 35 heavy (non-hydrogen) atoms. The monoisotopic (exact) mass is 514 g/mol. The Morgan fingerprint density at radius 1 is 1.03 bits per heavy atom. The Balaban J connectivity index is 1.28. The van der Waals surface area contributed by atoms with Gasteiger partial charge >= 0.3 is 0 Å². The summed E-state index contributed by atoms with van der Waals surface area (Å²) >= 11 is 6.05. The zero-order valence-electron chi connectivity index (χ0n) is 19.6. The number of aryl methyl sites for hydroxylation is 1. The molecule has 0 aliphatic carbocycles. The number of hydrogen-bond donors (Lipinski definition) is 0. The molecule has 2 bridgehead atoms. The number of piperidine rings is 1. The molecule has 0 radical (unpaired) electrons. The van der Waals surface area contributed by atoms with Crippen LogP contribution in [0.15, 0.2) is 48.9 Å². The van der Waals surface area contributed by atoms with Crippen LogP contribution >= 0.6 is 11.6 Å². The van der Waals surface area contributed by atoms with Crippen LogP contribution in [-0.4, -0.2) is 45.9 Å². The van der Waals surface area contributed by atoms with Crippen LogP contribution in [0.3, 0.4) is 0 Å². The van der Waals surface area contributed by atoms with E-state index < -0.39 is 10.0 Å². The normalized spacial score (nSPS) is 22.2. The summed E-state index contributed by atoms with van der Waals surface area (Å²) in [6, 6.07) is 10.5. The van der Waals surface area contributed by atoms with Crippen molar-refractivity contribution in [2.75, 3.05) is 0 Å². The maximum Gasteiger partial charge on any atom is 0.229 e. The van der Waals surface area contributed by atoms with Crippen molar-refractivity contribution in [3.05, 3.63) is 70.8 Å². The van der Waals surface area contributed by atoms with Gasteiger partial charge < -0.3 is 9.47 Å². The lowest BCUT2D eigenvalue weighted by molar-refractivity contribution is 0.0907. The fourth-order valence-corrected chi connectivity index (χ4v) is 7.28. The summed E-state index contributed by atoms with van der Waals surface area (Å²) in [6.45, 7) is 3.73. The molecule has 2 unspecified atom stereocenters. The molecule has 2 fully saturated rings. The van der Waals surface area contributed by atoms with E-state index in [1.807, 2.05) is 19.9 Å². The highest BCUT2D eigenvalue weighted by molar-refractivity contribution is 7.88. The van der Waals surface area contributed by atoms with E-state index >= 15 is 0 Å². The first-order valence-corrected chi connectivity index (χ1v) is 13.6. The van der Waals surface area contributed by atoms with Gasteiger partial charge in [-0.15, -0.1) is 0 Å². The minimum absolute atomic E-state index is 0.0500. The average molecular weight is 515 g/mol. The predicted octanol–water partition coefficient (Wildman–Crippen LogP) is 4.84. The van der Waals surface area contributed by atoms with E-state index in [1.165, 1.54) is 6.33 Å². The molecular weight excluding hydrogens is 488 g/mol. The summed E-state index contributed by atoms with van der Waals surface area (Å²) in [5.41, 5.74) is 2.15. The molecule has 0 amide bonds. The van der Waals surface area contributed by atoms with Crippen LogP contribution in [0.1, 0.15) is 42.5 Å². The van der Waals surface area contributed by atoms with Crippen molar-refractivity contribution >= 4 is 21.6 Å². The van der Waals surface area contributed by atoms with E-state index in [9.17, 15) is 8.42 Å². The first-order chi connectivity index (χ1) is 16.8. The van der Waals surface area contributed by atoms with Gasteiger partial charge in [0.05, 0.1) is 17.0 Å². The highest BCUT2D eigenvalue weighted by Crippen LogP contribution is 2.40. The number of nitrogens with zero attached hydrogens (tertiary/aromatic N) is 4. The summed E-state index contributed by atoms with van der Waals surface area (Å²) in [6.07, 6.45) is 5.89. The van der Waals surface area contributed by atoms with Gasteiger partial charge in [-0.3, -0.25) is 4.98 Å². The molecule has 2 atom stereocenters. The van der Waals surface area contributed by atoms with Gasteiger partial charge in [0, 0.05) is 36.1 Å². The Bertz CT molecular complexity index is 1320. The van der Waals surface area contributed by atoms with Crippen LogP contribution in [0.2, 0.25) is 5.02 Å². The molecule has 2 aromatic heterocycles. The highest BCUT2D eigenvalue weighted by Gasteiger charge is 2.47. The lowest BCUT2D eigenvalue weighted by Crippen LogP contribution is -2.49. The number of fused-ring (bicyclic) bond motifs is 2. The third-order valence-electron chi connectivity index (χ3n) is 6.62. The fraction of sp³-hybridized carbons (Fsp3) is 0.400. The minimum atomic E-state index is -3.47. The van der Waals surface area contributed by atoms with E-state index in [2.05, 4.69) is 15.0 Å². The van der Waals surface area contributed by atoms with Crippen LogP contribution in [-0.2, 0) is 15.8 Å². The second-order valence-electron chi connectivity index (χ2n) is 9.11. The smallest absolute Gasteiger partial charge is 0.229 e. The van der Waals surface area contributed by atoms with Crippen molar-refractivity contribution in [3.63, 3.8) is 0 Å². The number of pyridine rings is 1. The van der Waals surface area contributed by atoms with Gasteiger partial charge in [-0.05, 0) is 56.5 Å². The molecular formula is C25H27ClN4O4S. The van der Waals surface area contributed by atoms with E-state index in [-0.39, 0.29) is 23.9 Å². The van der Waals surface area contributed by atoms with Crippen LogP contribution < -0.4 is 9.47 Å². The molecule has 184 valence electrons. The van der Waals surface area contributed by atoms with E-state index in [0.717, 1.165) is 18.5 Å². The Labute approximate surface area is 210 Å². The summed E-state index contributed by atoms with van der Waals surface area (Å²) in [4.78, 5) is 12.8. The number of rotatable bonds is 7. The van der Waals surface area contributed by atoms with Crippen LogP contribution in [0.4, 0.5) is 0 Å². The predicted molar refractivity (Wildman–Crippen MR) is 132 cm³/mol. The second kappa shape index (κ2) is 9.72. The number of sulfonamides is 1. The number of benzene rings is 1. The molecule has 1 aromatic carbocycles.